The van der Waals surface area contributed by atoms with Gasteiger partial charge < -0.3 is 14.8 Å². The Hall–Kier alpha value is -3.52. The highest BCUT2D eigenvalue weighted by molar-refractivity contribution is 7.90. The number of ether oxygens (including phenoxy) is 2. The molecule has 0 heterocycles. The van der Waals surface area contributed by atoms with Crippen molar-refractivity contribution in [2.75, 3.05) is 20.8 Å². The molecule has 4 aromatic rings. The number of nitrogens with one attached hydrogen (secondary N) is 1. The summed E-state index contributed by atoms with van der Waals surface area (Å²) in [4.78, 5) is 12.5. The molecular weight excluding hydrogens is 569 g/mol. The molecule has 40 heavy (non-hydrogen) atoms. The summed E-state index contributed by atoms with van der Waals surface area (Å²) < 4.78 is 37.6. The minimum atomic E-state index is -3.75. The molecule has 0 saturated carbocycles. The smallest absolute Gasteiger partial charge is 0.251 e. The molecule has 0 unspecified atom stereocenters. The maximum Gasteiger partial charge on any atom is 0.251 e. The van der Waals surface area contributed by atoms with Crippen molar-refractivity contribution in [2.24, 2.45) is 0 Å². The highest BCUT2D eigenvalue weighted by Crippen LogP contribution is 2.34. The van der Waals surface area contributed by atoms with Crippen molar-refractivity contribution in [1.29, 1.82) is 0 Å². The summed E-state index contributed by atoms with van der Waals surface area (Å²) in [5.41, 5.74) is 3.55. The van der Waals surface area contributed by atoms with Gasteiger partial charge in [-0.2, -0.15) is 0 Å². The molecular formula is C31H29Cl2NO5S. The van der Waals surface area contributed by atoms with Crippen LogP contribution in [0.4, 0.5) is 0 Å². The van der Waals surface area contributed by atoms with Gasteiger partial charge in [-0.25, -0.2) is 8.42 Å². The van der Waals surface area contributed by atoms with Crippen LogP contribution in [0.15, 0.2) is 89.8 Å². The monoisotopic (exact) mass is 597 g/mol. The van der Waals surface area contributed by atoms with Gasteiger partial charge in [0.25, 0.3) is 5.91 Å². The van der Waals surface area contributed by atoms with Crippen molar-refractivity contribution in [3.63, 3.8) is 0 Å². The molecule has 1 N–H and O–H groups in total. The second-order valence-electron chi connectivity index (χ2n) is 9.19. The minimum absolute atomic E-state index is 0.0919. The van der Waals surface area contributed by atoms with Gasteiger partial charge in [0.1, 0.15) is 16.4 Å². The molecule has 4 aromatic carbocycles. The van der Waals surface area contributed by atoms with Crippen LogP contribution >= 0.6 is 23.2 Å². The number of methoxy groups -OCH3 is 2. The lowest BCUT2D eigenvalue weighted by Gasteiger charge is -2.13. The molecule has 4 rings (SSSR count). The molecule has 0 spiro atoms. The van der Waals surface area contributed by atoms with Crippen molar-refractivity contribution in [2.45, 2.75) is 23.5 Å². The van der Waals surface area contributed by atoms with E-state index in [4.69, 9.17) is 32.7 Å². The molecule has 208 valence electrons. The van der Waals surface area contributed by atoms with Gasteiger partial charge >= 0.3 is 0 Å². The number of aryl methyl sites for hydroxylation is 1. The predicted molar refractivity (Wildman–Crippen MR) is 159 cm³/mol. The van der Waals surface area contributed by atoms with Crippen LogP contribution in [0.5, 0.6) is 11.5 Å². The Morgan fingerprint density at radius 1 is 0.800 bits per heavy atom. The highest BCUT2D eigenvalue weighted by atomic mass is 35.5. The number of carbonyl (C=O) groups is 1. The Kier molecular flexibility index (Phi) is 9.74. The molecule has 0 radical (unpaired) electrons. The Morgan fingerprint density at radius 2 is 1.52 bits per heavy atom. The van der Waals surface area contributed by atoms with Crippen LogP contribution in [0, 0.1) is 0 Å². The predicted octanol–water partition coefficient (Wildman–Crippen LogP) is 7.01. The quantitative estimate of drug-likeness (QED) is 0.188. The van der Waals surface area contributed by atoms with Crippen LogP contribution in [-0.4, -0.2) is 35.1 Å². The Labute approximate surface area is 244 Å². The number of sulfone groups is 1. The SMILES string of the molecule is COc1cccc(C(=O)NCCCc2cccc(CS(=O)(=O)c3cc(-c4cc(Cl)cc(Cl)c4)ccc3OC)c2)c1. The fraction of sp³-hybridized carbons (Fsp3) is 0.194. The number of rotatable bonds is 11. The summed E-state index contributed by atoms with van der Waals surface area (Å²) in [5, 5.41) is 3.83. The number of carbonyl (C=O) groups excluding carboxylic acids is 1. The van der Waals surface area contributed by atoms with Gasteiger partial charge in [-0.05, 0) is 83.6 Å². The number of hydrogen-bond acceptors (Lipinski definition) is 5. The first-order valence-electron chi connectivity index (χ1n) is 12.6. The Bertz CT molecular complexity index is 1600. The summed E-state index contributed by atoms with van der Waals surface area (Å²) in [6.07, 6.45) is 1.38. The third-order valence-electron chi connectivity index (χ3n) is 6.30. The van der Waals surface area contributed by atoms with Gasteiger partial charge in [-0.1, -0.05) is 59.6 Å². The lowest BCUT2D eigenvalue weighted by atomic mass is 10.1. The van der Waals surface area contributed by atoms with Crippen LogP contribution in [-0.2, 0) is 22.0 Å². The Morgan fingerprint density at radius 3 is 2.25 bits per heavy atom. The van der Waals surface area contributed by atoms with Crippen LogP contribution in [0.2, 0.25) is 10.0 Å². The van der Waals surface area contributed by atoms with E-state index < -0.39 is 9.84 Å². The van der Waals surface area contributed by atoms with Gasteiger partial charge in [-0.3, -0.25) is 4.79 Å². The molecule has 0 atom stereocenters. The van der Waals surface area contributed by atoms with Crippen molar-refractivity contribution in [3.05, 3.63) is 112 Å². The number of benzene rings is 4. The summed E-state index contributed by atoms with van der Waals surface area (Å²) in [7, 11) is -0.755. The second kappa shape index (κ2) is 13.2. The third-order valence-corrected chi connectivity index (χ3v) is 8.44. The van der Waals surface area contributed by atoms with Gasteiger partial charge in [0.15, 0.2) is 9.84 Å². The minimum Gasteiger partial charge on any atom is -0.497 e. The van der Waals surface area contributed by atoms with Crippen LogP contribution in [0.3, 0.4) is 0 Å². The first-order chi connectivity index (χ1) is 19.2. The number of halogens is 2. The zero-order chi connectivity index (χ0) is 28.7. The van der Waals surface area contributed by atoms with Crippen molar-refractivity contribution >= 4 is 38.9 Å². The summed E-state index contributed by atoms with van der Waals surface area (Å²) in [6.45, 7) is 0.482. The van der Waals surface area contributed by atoms with E-state index in [-0.39, 0.29) is 22.3 Å². The molecule has 0 aromatic heterocycles. The molecule has 0 aliphatic carbocycles. The van der Waals surface area contributed by atoms with E-state index in [9.17, 15) is 13.2 Å². The lowest BCUT2D eigenvalue weighted by Crippen LogP contribution is -2.24. The third kappa shape index (κ3) is 7.56. The fourth-order valence-corrected chi connectivity index (χ4v) is 6.42. The van der Waals surface area contributed by atoms with E-state index in [1.165, 1.54) is 7.11 Å². The van der Waals surface area contributed by atoms with E-state index in [0.29, 0.717) is 57.4 Å². The molecule has 0 bridgehead atoms. The molecule has 0 fully saturated rings. The van der Waals surface area contributed by atoms with E-state index in [1.807, 2.05) is 18.2 Å². The first kappa shape index (κ1) is 29.5. The van der Waals surface area contributed by atoms with Gasteiger partial charge in [0.05, 0.1) is 20.0 Å². The second-order valence-corrected chi connectivity index (χ2v) is 12.0. The summed E-state index contributed by atoms with van der Waals surface area (Å²) in [6, 6.07) is 24.5. The van der Waals surface area contributed by atoms with E-state index >= 15 is 0 Å². The largest absolute Gasteiger partial charge is 0.497 e. The van der Waals surface area contributed by atoms with Gasteiger partial charge in [0, 0.05) is 22.2 Å². The normalized spacial score (nSPS) is 11.2. The zero-order valence-electron chi connectivity index (χ0n) is 22.1. The van der Waals surface area contributed by atoms with Gasteiger partial charge in [-0.15, -0.1) is 0 Å². The van der Waals surface area contributed by atoms with Gasteiger partial charge in [0.2, 0.25) is 0 Å². The maximum absolute atomic E-state index is 13.5. The van der Waals surface area contributed by atoms with Crippen molar-refractivity contribution < 1.29 is 22.7 Å². The molecule has 0 saturated heterocycles. The molecule has 0 aliphatic rings. The average molecular weight is 599 g/mol. The number of amides is 1. The molecule has 1 amide bonds. The zero-order valence-corrected chi connectivity index (χ0v) is 24.4. The van der Waals surface area contributed by atoms with E-state index in [2.05, 4.69) is 5.32 Å². The Balaban J connectivity index is 1.43. The topological polar surface area (TPSA) is 81.7 Å². The van der Waals surface area contributed by atoms with Crippen LogP contribution in [0.25, 0.3) is 11.1 Å². The highest BCUT2D eigenvalue weighted by Gasteiger charge is 2.22. The fourth-order valence-electron chi connectivity index (χ4n) is 4.35. The first-order valence-corrected chi connectivity index (χ1v) is 15.0. The van der Waals surface area contributed by atoms with E-state index in [1.54, 1.807) is 73.8 Å². The molecule has 9 heteroatoms. The standard InChI is InChI=1S/C31H29Cl2NO5S/c1-38-28-10-4-9-24(17-28)31(35)34-13-5-8-21-6-3-7-22(14-21)20-40(36,37)30-18-23(11-12-29(30)39-2)25-15-26(32)19-27(33)16-25/h3-4,6-7,9-12,14-19H,5,8,13,20H2,1-2H3,(H,34,35). The van der Waals surface area contributed by atoms with Crippen molar-refractivity contribution in [3.8, 4) is 22.6 Å². The number of hydrogen-bond donors (Lipinski definition) is 1. The summed E-state index contributed by atoms with van der Waals surface area (Å²) in [5.74, 6) is 0.524. The maximum atomic E-state index is 13.5. The average Bonchev–Trinajstić information content (AvgIpc) is 2.94. The molecule has 6 nitrogen and oxygen atoms in total. The lowest BCUT2D eigenvalue weighted by molar-refractivity contribution is 0.0953. The summed E-state index contributed by atoms with van der Waals surface area (Å²) >= 11 is 12.3. The van der Waals surface area contributed by atoms with Crippen LogP contribution in [0.1, 0.15) is 27.9 Å². The van der Waals surface area contributed by atoms with E-state index in [0.717, 1.165) is 5.56 Å². The molecule has 0 aliphatic heterocycles. The van der Waals surface area contributed by atoms with Crippen molar-refractivity contribution in [1.82, 2.24) is 5.32 Å². The van der Waals surface area contributed by atoms with Crippen LogP contribution < -0.4 is 14.8 Å².